The number of sulfonamides is 1. The minimum absolute atomic E-state index is 0.0913. The van der Waals surface area contributed by atoms with E-state index in [0.717, 1.165) is 17.8 Å². The molecule has 7 nitrogen and oxygen atoms in total. The van der Waals surface area contributed by atoms with Crippen LogP contribution in [0.1, 0.15) is 16.8 Å². The predicted octanol–water partition coefficient (Wildman–Crippen LogP) is 1.95. The minimum Gasteiger partial charge on any atom is -0.307 e. The van der Waals surface area contributed by atoms with Gasteiger partial charge in [-0.2, -0.15) is 0 Å². The molecule has 0 spiro atoms. The first-order valence-electron chi connectivity index (χ1n) is 8.21. The van der Waals surface area contributed by atoms with Crippen molar-refractivity contribution >= 4 is 32.7 Å². The van der Waals surface area contributed by atoms with Crippen molar-refractivity contribution in [2.24, 2.45) is 5.14 Å². The maximum atomic E-state index is 14.1. The molecule has 3 heterocycles. The lowest BCUT2D eigenvalue weighted by molar-refractivity contribution is -0.117. The van der Waals surface area contributed by atoms with E-state index < -0.39 is 26.6 Å². The van der Waals surface area contributed by atoms with Crippen molar-refractivity contribution in [1.82, 2.24) is 9.97 Å². The van der Waals surface area contributed by atoms with Crippen molar-refractivity contribution in [3.8, 4) is 0 Å². The number of anilines is 1. The van der Waals surface area contributed by atoms with Gasteiger partial charge in [-0.1, -0.05) is 0 Å². The summed E-state index contributed by atoms with van der Waals surface area (Å²) in [5, 5.41) is 5.49. The summed E-state index contributed by atoms with van der Waals surface area (Å²) in [6.07, 6.45) is 1.67. The number of hydrogen-bond donors (Lipinski definition) is 1. The number of benzene rings is 1. The largest absolute Gasteiger partial charge is 0.307 e. The quantitative estimate of drug-likeness (QED) is 0.718. The van der Waals surface area contributed by atoms with Crippen LogP contribution in [-0.2, 0) is 27.8 Å². The lowest BCUT2D eigenvalue weighted by Crippen LogP contribution is -2.26. The van der Waals surface area contributed by atoms with E-state index in [-0.39, 0.29) is 24.4 Å². The maximum Gasteiger partial charge on any atom is 0.243 e. The number of amides is 1. The highest BCUT2D eigenvalue weighted by Gasteiger charge is 2.31. The number of nitrogens with zero attached hydrogens (tertiary/aromatic N) is 3. The second-order valence-corrected chi connectivity index (χ2v) is 8.04. The Hall–Kier alpha value is -2.98. The van der Waals surface area contributed by atoms with E-state index in [0.29, 0.717) is 22.3 Å². The van der Waals surface area contributed by atoms with Gasteiger partial charge in [0.2, 0.25) is 15.9 Å². The second kappa shape index (κ2) is 6.28. The summed E-state index contributed by atoms with van der Waals surface area (Å²) in [6.45, 7) is 1.67. The van der Waals surface area contributed by atoms with Gasteiger partial charge in [0.05, 0.1) is 18.7 Å². The molecule has 1 aromatic carbocycles. The zero-order chi connectivity index (χ0) is 20.2. The molecule has 0 radical (unpaired) electrons. The molecular formula is C18H14F2N4O3S. The van der Waals surface area contributed by atoms with E-state index in [1.54, 1.807) is 18.3 Å². The normalized spacial score (nSPS) is 14.0. The number of primary sulfonamides is 1. The SMILES string of the molecule is Cc1ccc2c3c(cnc2n1)CC(=O)N3Cc1cc(F)c(S(N)(=O)=O)c(F)c1. The highest BCUT2D eigenvalue weighted by atomic mass is 32.2. The molecule has 4 rings (SSSR count). The van der Waals surface area contributed by atoms with Crippen LogP contribution in [-0.4, -0.2) is 24.3 Å². The first kappa shape index (κ1) is 18.4. The van der Waals surface area contributed by atoms with E-state index in [1.165, 1.54) is 4.90 Å². The predicted molar refractivity (Wildman–Crippen MR) is 96.9 cm³/mol. The van der Waals surface area contributed by atoms with Gasteiger partial charge in [0.15, 0.2) is 10.5 Å². The molecule has 1 aliphatic rings. The summed E-state index contributed by atoms with van der Waals surface area (Å²) >= 11 is 0. The topological polar surface area (TPSA) is 106 Å². The molecule has 10 heteroatoms. The molecule has 2 aromatic heterocycles. The van der Waals surface area contributed by atoms with Gasteiger partial charge in [-0.05, 0) is 36.8 Å². The number of rotatable bonds is 3. The van der Waals surface area contributed by atoms with Crippen molar-refractivity contribution in [1.29, 1.82) is 0 Å². The molecule has 0 aliphatic carbocycles. The van der Waals surface area contributed by atoms with Gasteiger partial charge in [0.25, 0.3) is 0 Å². The van der Waals surface area contributed by atoms with Crippen molar-refractivity contribution in [3.63, 3.8) is 0 Å². The summed E-state index contributed by atoms with van der Waals surface area (Å²) in [7, 11) is -4.55. The van der Waals surface area contributed by atoms with Gasteiger partial charge in [-0.15, -0.1) is 0 Å². The fourth-order valence-corrected chi connectivity index (χ4v) is 4.02. The third-order valence-corrected chi connectivity index (χ3v) is 5.47. The molecule has 1 amide bonds. The number of halogens is 2. The van der Waals surface area contributed by atoms with Crippen LogP contribution in [0.3, 0.4) is 0 Å². The first-order valence-corrected chi connectivity index (χ1v) is 9.76. The molecule has 0 atom stereocenters. The smallest absolute Gasteiger partial charge is 0.243 e. The third-order valence-electron chi connectivity index (χ3n) is 4.51. The van der Waals surface area contributed by atoms with Crippen LogP contribution in [0.15, 0.2) is 35.4 Å². The number of carbonyl (C=O) groups is 1. The molecule has 0 unspecified atom stereocenters. The van der Waals surface area contributed by atoms with Gasteiger partial charge in [0.1, 0.15) is 11.6 Å². The van der Waals surface area contributed by atoms with Gasteiger partial charge in [-0.3, -0.25) is 4.79 Å². The molecule has 0 saturated heterocycles. The monoisotopic (exact) mass is 404 g/mol. The molecule has 144 valence electrons. The van der Waals surface area contributed by atoms with Gasteiger partial charge < -0.3 is 4.90 Å². The Morgan fingerprint density at radius 1 is 1.21 bits per heavy atom. The Kier molecular flexibility index (Phi) is 4.12. The summed E-state index contributed by atoms with van der Waals surface area (Å²) < 4.78 is 51.0. The van der Waals surface area contributed by atoms with Crippen molar-refractivity contribution in [3.05, 3.63) is 58.9 Å². The van der Waals surface area contributed by atoms with Crippen LogP contribution < -0.4 is 10.0 Å². The first-order chi connectivity index (χ1) is 13.1. The molecule has 2 N–H and O–H groups in total. The van der Waals surface area contributed by atoms with Crippen molar-refractivity contribution in [2.75, 3.05) is 4.90 Å². The standard InChI is InChI=1S/C18H14F2N4O3S/c1-9-2-3-12-16-11(7-22-18(12)23-9)6-15(25)24(16)8-10-4-13(19)17(14(20)5-10)28(21,26)27/h2-5,7H,6,8H2,1H3,(H2,21,26,27). The van der Waals surface area contributed by atoms with E-state index in [1.807, 2.05) is 6.92 Å². The Bertz CT molecular complexity index is 1240. The van der Waals surface area contributed by atoms with E-state index in [2.05, 4.69) is 9.97 Å². The molecule has 0 saturated carbocycles. The van der Waals surface area contributed by atoms with Crippen LogP contribution in [0.25, 0.3) is 11.0 Å². The molecule has 1 aliphatic heterocycles. The van der Waals surface area contributed by atoms with E-state index in [9.17, 15) is 22.0 Å². The average Bonchev–Trinajstić information content (AvgIpc) is 2.88. The fourth-order valence-electron chi connectivity index (χ4n) is 3.36. The second-order valence-electron chi connectivity index (χ2n) is 6.55. The fraction of sp³-hybridized carbons (Fsp3) is 0.167. The Labute approximate surface area is 158 Å². The molecule has 0 fully saturated rings. The summed E-state index contributed by atoms with van der Waals surface area (Å²) in [4.78, 5) is 21.3. The summed E-state index contributed by atoms with van der Waals surface area (Å²) in [6, 6.07) is 5.30. The number of carbonyl (C=O) groups excluding carboxylic acids is 1. The number of fused-ring (bicyclic) bond motifs is 3. The number of pyridine rings is 2. The average molecular weight is 404 g/mol. The lowest BCUT2D eigenvalue weighted by Gasteiger charge is -2.19. The summed E-state index contributed by atoms with van der Waals surface area (Å²) in [5.74, 6) is -2.87. The van der Waals surface area contributed by atoms with Crippen LogP contribution >= 0.6 is 0 Å². The third kappa shape index (κ3) is 3.00. The number of hydrogen-bond acceptors (Lipinski definition) is 5. The number of aromatic nitrogens is 2. The van der Waals surface area contributed by atoms with Gasteiger partial charge in [-0.25, -0.2) is 32.3 Å². The zero-order valence-corrected chi connectivity index (χ0v) is 15.4. The molecule has 0 bridgehead atoms. The van der Waals surface area contributed by atoms with Gasteiger partial charge >= 0.3 is 0 Å². The molecule has 3 aromatic rings. The lowest BCUT2D eigenvalue weighted by atomic mass is 10.1. The maximum absolute atomic E-state index is 14.1. The Balaban J connectivity index is 1.80. The molecule has 28 heavy (non-hydrogen) atoms. The van der Waals surface area contributed by atoms with Crippen LogP contribution in [0, 0.1) is 18.6 Å². The van der Waals surface area contributed by atoms with Crippen molar-refractivity contribution < 1.29 is 22.0 Å². The molecular weight excluding hydrogens is 390 g/mol. The Morgan fingerprint density at radius 2 is 1.89 bits per heavy atom. The van der Waals surface area contributed by atoms with Crippen molar-refractivity contribution in [2.45, 2.75) is 24.8 Å². The number of nitrogens with two attached hydrogens (primary N) is 1. The highest BCUT2D eigenvalue weighted by molar-refractivity contribution is 7.89. The van der Waals surface area contributed by atoms with Crippen LogP contribution in [0.5, 0.6) is 0 Å². The van der Waals surface area contributed by atoms with Crippen LogP contribution in [0.2, 0.25) is 0 Å². The summed E-state index contributed by atoms with van der Waals surface area (Å²) in [5.41, 5.74) is 2.58. The van der Waals surface area contributed by atoms with E-state index >= 15 is 0 Å². The van der Waals surface area contributed by atoms with Crippen LogP contribution in [0.4, 0.5) is 14.5 Å². The zero-order valence-electron chi connectivity index (χ0n) is 14.6. The number of aryl methyl sites for hydroxylation is 1. The highest BCUT2D eigenvalue weighted by Crippen LogP contribution is 2.36. The van der Waals surface area contributed by atoms with E-state index in [4.69, 9.17) is 5.14 Å². The van der Waals surface area contributed by atoms with Gasteiger partial charge in [0, 0.05) is 22.8 Å². The Morgan fingerprint density at radius 3 is 2.54 bits per heavy atom. The minimum atomic E-state index is -4.55.